The molecule has 2 N–H and O–H groups in total. The monoisotopic (exact) mass is 374 g/mol. The molecule has 0 saturated heterocycles. The van der Waals surface area contributed by atoms with Crippen molar-refractivity contribution in [1.82, 2.24) is 4.98 Å². The molecule has 2 nitrogen and oxygen atoms in total. The first kappa shape index (κ1) is 13.9. The molecule has 4 aromatic rings. The maximum Gasteiger partial charge on any atom is 0.0788 e. The average molecular weight is 375 g/mol. The molecule has 0 fully saturated rings. The van der Waals surface area contributed by atoms with Gasteiger partial charge in [-0.15, -0.1) is 0 Å². The number of para-hydroxylation sites is 1. The Morgan fingerprint density at radius 2 is 1.58 bits per heavy atom. The van der Waals surface area contributed by atoms with Gasteiger partial charge < -0.3 is 10.3 Å². The van der Waals surface area contributed by atoms with Gasteiger partial charge in [0.1, 0.15) is 0 Å². The second-order valence-electron chi connectivity index (χ2n) is 6.15. The van der Waals surface area contributed by atoms with Gasteiger partial charge in [0, 0.05) is 38.4 Å². The lowest BCUT2D eigenvalue weighted by atomic mass is 9.96. The van der Waals surface area contributed by atoms with E-state index < -0.39 is 0 Å². The third-order valence-electron chi connectivity index (χ3n) is 4.77. The highest BCUT2D eigenvalue weighted by Crippen LogP contribution is 2.43. The van der Waals surface area contributed by atoms with Crippen LogP contribution < -0.4 is 5.32 Å². The van der Waals surface area contributed by atoms with E-state index in [-0.39, 0.29) is 6.04 Å². The number of hydrogen-bond donors (Lipinski definition) is 2. The highest BCUT2D eigenvalue weighted by atomic mass is 79.9. The number of aromatic nitrogens is 1. The van der Waals surface area contributed by atoms with Crippen LogP contribution in [0.25, 0.3) is 22.0 Å². The van der Waals surface area contributed by atoms with E-state index in [4.69, 9.17) is 0 Å². The first-order chi connectivity index (χ1) is 11.8. The molecule has 1 aliphatic rings. The van der Waals surface area contributed by atoms with Gasteiger partial charge in [-0.2, -0.15) is 0 Å². The van der Waals surface area contributed by atoms with Crippen LogP contribution in [0, 0.1) is 0 Å². The number of hydrogen-bond acceptors (Lipinski definition) is 1. The van der Waals surface area contributed by atoms with Crippen molar-refractivity contribution in [3.8, 4) is 11.1 Å². The first-order valence-electron chi connectivity index (χ1n) is 8.03. The van der Waals surface area contributed by atoms with Crippen molar-refractivity contribution >= 4 is 32.5 Å². The molecule has 5 rings (SSSR count). The molecule has 1 aromatic heterocycles. The molecule has 0 radical (unpaired) electrons. The van der Waals surface area contributed by atoms with Crippen molar-refractivity contribution < 1.29 is 0 Å². The van der Waals surface area contributed by atoms with E-state index in [1.807, 2.05) is 0 Å². The topological polar surface area (TPSA) is 27.8 Å². The van der Waals surface area contributed by atoms with Crippen LogP contribution in [0.3, 0.4) is 0 Å². The second kappa shape index (κ2) is 5.25. The third kappa shape index (κ3) is 2.01. The molecule has 1 aliphatic heterocycles. The van der Waals surface area contributed by atoms with Crippen LogP contribution in [0.1, 0.15) is 17.2 Å². The molecule has 1 unspecified atom stereocenters. The van der Waals surface area contributed by atoms with Crippen molar-refractivity contribution in [2.45, 2.75) is 6.04 Å². The molecule has 116 valence electrons. The van der Waals surface area contributed by atoms with Crippen LogP contribution in [-0.4, -0.2) is 4.98 Å². The van der Waals surface area contributed by atoms with Gasteiger partial charge in [-0.05, 0) is 35.4 Å². The van der Waals surface area contributed by atoms with E-state index in [2.05, 4.69) is 99.2 Å². The Hall–Kier alpha value is -2.52. The van der Waals surface area contributed by atoms with Gasteiger partial charge in [0.2, 0.25) is 0 Å². The zero-order valence-electron chi connectivity index (χ0n) is 12.9. The number of H-pyrrole nitrogens is 1. The van der Waals surface area contributed by atoms with Crippen LogP contribution >= 0.6 is 15.9 Å². The predicted octanol–water partition coefficient (Wildman–Crippen LogP) is 6.11. The number of anilines is 1. The number of nitrogens with one attached hydrogen (secondary N) is 2. The Balaban J connectivity index is 1.83. The summed E-state index contributed by atoms with van der Waals surface area (Å²) in [5, 5.41) is 5.06. The molecule has 3 heteroatoms. The molecule has 0 spiro atoms. The number of benzene rings is 3. The standard InChI is InChI=1S/C21H15BrN2/c22-14-10-8-13(9-11-14)21-17-12-23-19-7-3-5-16(20(17)19)15-4-1-2-6-18(15)24-21/h1-12,21,23-24H. The molecule has 3 aromatic carbocycles. The fraction of sp³-hybridized carbons (Fsp3) is 0.0476. The summed E-state index contributed by atoms with van der Waals surface area (Å²) in [5.74, 6) is 0. The Morgan fingerprint density at radius 1 is 0.792 bits per heavy atom. The maximum atomic E-state index is 3.75. The summed E-state index contributed by atoms with van der Waals surface area (Å²) in [6, 6.07) is 23.7. The highest BCUT2D eigenvalue weighted by Gasteiger charge is 2.25. The summed E-state index contributed by atoms with van der Waals surface area (Å²) in [7, 11) is 0. The molecular formula is C21H15BrN2. The van der Waals surface area contributed by atoms with Gasteiger partial charge >= 0.3 is 0 Å². The third-order valence-corrected chi connectivity index (χ3v) is 5.30. The second-order valence-corrected chi connectivity index (χ2v) is 7.06. The summed E-state index contributed by atoms with van der Waals surface area (Å²) in [6.45, 7) is 0. The quantitative estimate of drug-likeness (QED) is 0.413. The summed E-state index contributed by atoms with van der Waals surface area (Å²) >= 11 is 3.53. The van der Waals surface area contributed by atoms with Crippen LogP contribution in [-0.2, 0) is 0 Å². The summed E-state index contributed by atoms with van der Waals surface area (Å²) in [6.07, 6.45) is 2.14. The molecule has 24 heavy (non-hydrogen) atoms. The summed E-state index contributed by atoms with van der Waals surface area (Å²) in [4.78, 5) is 3.44. The SMILES string of the molecule is Brc1ccc(C2Nc3ccccc3-c3cccc4[nH]cc2c34)cc1. The lowest BCUT2D eigenvalue weighted by Crippen LogP contribution is -2.11. The summed E-state index contributed by atoms with van der Waals surface area (Å²) in [5.41, 5.74) is 7.44. The van der Waals surface area contributed by atoms with Crippen LogP contribution in [0.2, 0.25) is 0 Å². The van der Waals surface area contributed by atoms with Gasteiger partial charge in [-0.1, -0.05) is 58.4 Å². The minimum absolute atomic E-state index is 0.122. The fourth-order valence-electron chi connectivity index (χ4n) is 3.66. The molecule has 0 amide bonds. The van der Waals surface area contributed by atoms with E-state index in [0.717, 1.165) is 4.47 Å². The van der Waals surface area contributed by atoms with Crippen molar-refractivity contribution in [2.75, 3.05) is 5.32 Å². The number of halogens is 1. The Morgan fingerprint density at radius 3 is 2.46 bits per heavy atom. The lowest BCUT2D eigenvalue weighted by molar-refractivity contribution is 0.952. The van der Waals surface area contributed by atoms with E-state index in [1.165, 1.54) is 38.8 Å². The van der Waals surface area contributed by atoms with Gasteiger partial charge in [0.05, 0.1) is 6.04 Å². The molecule has 0 saturated carbocycles. The zero-order chi connectivity index (χ0) is 16.1. The smallest absolute Gasteiger partial charge is 0.0788 e. The predicted molar refractivity (Wildman–Crippen MR) is 103 cm³/mol. The largest absolute Gasteiger partial charge is 0.374 e. The van der Waals surface area contributed by atoms with Crippen LogP contribution in [0.5, 0.6) is 0 Å². The van der Waals surface area contributed by atoms with E-state index >= 15 is 0 Å². The molecule has 0 bridgehead atoms. The average Bonchev–Trinajstić information content (AvgIpc) is 2.98. The van der Waals surface area contributed by atoms with Gasteiger partial charge in [-0.3, -0.25) is 0 Å². The minimum atomic E-state index is 0.122. The van der Waals surface area contributed by atoms with Crippen molar-refractivity contribution in [3.63, 3.8) is 0 Å². The van der Waals surface area contributed by atoms with Crippen LogP contribution in [0.15, 0.2) is 77.4 Å². The van der Waals surface area contributed by atoms with Crippen molar-refractivity contribution in [2.24, 2.45) is 0 Å². The number of aromatic amines is 1. The minimum Gasteiger partial charge on any atom is -0.374 e. The number of rotatable bonds is 1. The van der Waals surface area contributed by atoms with E-state index in [0.29, 0.717) is 0 Å². The zero-order valence-corrected chi connectivity index (χ0v) is 14.5. The van der Waals surface area contributed by atoms with Gasteiger partial charge in [0.15, 0.2) is 0 Å². The first-order valence-corrected chi connectivity index (χ1v) is 8.82. The van der Waals surface area contributed by atoms with Gasteiger partial charge in [-0.25, -0.2) is 0 Å². The summed E-state index contributed by atoms with van der Waals surface area (Å²) < 4.78 is 1.10. The normalized spacial score (nSPS) is 15.6. The van der Waals surface area contributed by atoms with Crippen molar-refractivity contribution in [3.05, 3.63) is 88.5 Å². The number of fused-ring (bicyclic) bond motifs is 2. The Bertz CT molecular complexity index is 1050. The fourth-order valence-corrected chi connectivity index (χ4v) is 3.92. The molecule has 0 aliphatic carbocycles. The van der Waals surface area contributed by atoms with E-state index in [9.17, 15) is 0 Å². The Kier molecular flexibility index (Phi) is 3.03. The van der Waals surface area contributed by atoms with E-state index in [1.54, 1.807) is 0 Å². The molecule has 2 heterocycles. The van der Waals surface area contributed by atoms with Gasteiger partial charge in [0.25, 0.3) is 0 Å². The van der Waals surface area contributed by atoms with Crippen molar-refractivity contribution in [1.29, 1.82) is 0 Å². The highest BCUT2D eigenvalue weighted by molar-refractivity contribution is 9.10. The lowest BCUT2D eigenvalue weighted by Gasteiger charge is -2.19. The van der Waals surface area contributed by atoms with Crippen LogP contribution in [0.4, 0.5) is 5.69 Å². The molecule has 1 atom stereocenters. The Labute approximate surface area is 148 Å². The maximum absolute atomic E-state index is 3.75. The molecular weight excluding hydrogens is 360 g/mol.